The number of hydrogen-bond acceptors (Lipinski definition) is 14. The summed E-state index contributed by atoms with van der Waals surface area (Å²) in [6.45, 7) is 18.0. The maximum atomic E-state index is 14.5. The Kier molecular flexibility index (Phi) is 25.9. The molecule has 2 saturated heterocycles. The monoisotopic (exact) mass is 1280 g/mol. The molecule has 5 rings (SSSR count). The maximum Gasteiger partial charge on any atom is 0.409 e. The second-order valence-corrected chi connectivity index (χ2v) is 24.8. The number of esters is 1. The number of likely N-dealkylation sites (N-methyl/N-ethyl adjacent to an activating group) is 1. The number of allylic oxidation sites excluding steroid dienone is 4. The lowest BCUT2D eigenvalue weighted by Gasteiger charge is -2.42. The third-order valence-corrected chi connectivity index (χ3v) is 18.0. The minimum absolute atomic E-state index is 0.00895. The third kappa shape index (κ3) is 18.9. The number of carbonyl (C=O) groups is 9. The first-order chi connectivity index (χ1) is 40.4. The molecule has 86 heavy (non-hydrogen) atoms. The van der Waals surface area contributed by atoms with Crippen LogP contribution in [0.1, 0.15) is 145 Å². The number of aliphatic hydroxyl groups is 1. The van der Waals surface area contributed by atoms with Crippen molar-refractivity contribution in [1.82, 2.24) is 20.9 Å². The van der Waals surface area contributed by atoms with Crippen LogP contribution < -0.4 is 26.6 Å². The molecule has 22 heteroatoms. The number of primary amides is 1. The van der Waals surface area contributed by atoms with E-state index in [1.165, 1.54) is 36.9 Å². The van der Waals surface area contributed by atoms with Crippen molar-refractivity contribution >= 4 is 86.4 Å². The van der Waals surface area contributed by atoms with Crippen molar-refractivity contribution in [2.75, 3.05) is 38.0 Å². The lowest BCUT2D eigenvalue weighted by molar-refractivity contribution is -0.158. The number of nitrogens with zero attached hydrogens (tertiary/aromatic N) is 2. The Bertz CT molecular complexity index is 2930. The van der Waals surface area contributed by atoms with Gasteiger partial charge in [-0.15, -0.1) is 0 Å². The number of methoxy groups -OCH3 is 1. The lowest BCUT2D eigenvalue weighted by Crippen LogP contribution is -2.63. The zero-order valence-electron chi connectivity index (χ0n) is 51.6. The average molecular weight is 1280 g/mol. The smallest absolute Gasteiger partial charge is 0.409 e. The number of alkyl halides is 1. The van der Waals surface area contributed by atoms with Gasteiger partial charge in [-0.2, -0.15) is 0 Å². The van der Waals surface area contributed by atoms with Gasteiger partial charge in [-0.3, -0.25) is 34.1 Å². The van der Waals surface area contributed by atoms with Crippen LogP contribution in [0.5, 0.6) is 0 Å². The van der Waals surface area contributed by atoms with E-state index >= 15 is 0 Å². The van der Waals surface area contributed by atoms with E-state index in [1.807, 2.05) is 45.9 Å². The van der Waals surface area contributed by atoms with Crippen LogP contribution in [0.3, 0.4) is 0 Å². The number of unbranched alkanes of at least 4 members (excludes halogenated alkanes) is 3. The molecule has 2 aromatic carbocycles. The molecule has 6 N–H and O–H groups in total. The summed E-state index contributed by atoms with van der Waals surface area (Å²) in [5.74, 6) is -4.28. The number of aryl methyl sites for hydroxylation is 2. The largest absolute Gasteiger partial charge is 0.457 e. The first-order valence-electron chi connectivity index (χ1n) is 29.5. The van der Waals surface area contributed by atoms with E-state index in [1.54, 1.807) is 52.1 Å². The van der Waals surface area contributed by atoms with Crippen LogP contribution in [0.15, 0.2) is 66.3 Å². The summed E-state index contributed by atoms with van der Waals surface area (Å²) in [6, 6.07) is 5.56. The summed E-state index contributed by atoms with van der Waals surface area (Å²) in [5, 5.41) is 20.6. The van der Waals surface area contributed by atoms with Crippen molar-refractivity contribution in [3.63, 3.8) is 0 Å². The van der Waals surface area contributed by atoms with Crippen molar-refractivity contribution in [3.05, 3.63) is 99.1 Å². The number of urea groups is 1. The SMILES string of the molecule is C=C(CBr)C(=O)CCCCCCC(=O)C[C@H](C(=O)N[C@@H](CCCNC(N)=O)C(=O)Cc1ccc(C(=O)N(C)[C@@H](C)C(=O)O[C@H]2CC(=O)N(C)c3cc(cc(C)c3Cl)C/C(C)=C/C=C/[C@@H](OC)[C@@]3(O)C[C@H](OC(=O)N3)[C@@H](C)[C@@H]3O[C@@]23C)cc1C)C(C)C. The van der Waals surface area contributed by atoms with Gasteiger partial charge in [0.05, 0.1) is 29.3 Å². The van der Waals surface area contributed by atoms with E-state index in [2.05, 4.69) is 38.5 Å². The summed E-state index contributed by atoms with van der Waals surface area (Å²) < 4.78 is 24.0. The average Bonchev–Trinajstić information content (AvgIpc) is 2.14. The number of fused-ring (bicyclic) bond motifs is 5. The molecule has 0 aromatic heterocycles. The number of rotatable bonds is 26. The van der Waals surface area contributed by atoms with Gasteiger partial charge >= 0.3 is 18.1 Å². The molecule has 0 unspecified atom stereocenters. The summed E-state index contributed by atoms with van der Waals surface area (Å²) in [5.41, 5.74) is 6.88. The number of alkyl carbamates (subject to hydrolysis) is 1. The topological polar surface area (TPSA) is 283 Å². The van der Waals surface area contributed by atoms with Gasteiger partial charge in [-0.25, -0.2) is 14.4 Å². The number of nitrogens with one attached hydrogen (secondary N) is 3. The zero-order chi connectivity index (χ0) is 64.0. The highest BCUT2D eigenvalue weighted by Gasteiger charge is 2.64. The van der Waals surface area contributed by atoms with Crippen LogP contribution in [0.2, 0.25) is 5.02 Å². The molecular weight excluding hydrogens is 1190 g/mol. The van der Waals surface area contributed by atoms with E-state index in [0.717, 1.165) is 29.5 Å². The molecular formula is C64H88BrClN6O14. The Hall–Kier alpha value is -6.26. The number of epoxide rings is 1. The molecule has 0 aliphatic carbocycles. The van der Waals surface area contributed by atoms with Crippen LogP contribution in [-0.2, 0) is 60.6 Å². The fourth-order valence-electron chi connectivity index (χ4n) is 11.1. The highest BCUT2D eigenvalue weighted by atomic mass is 79.9. The second kappa shape index (κ2) is 31.6. The summed E-state index contributed by atoms with van der Waals surface area (Å²) in [6.07, 6.45) is 4.28. The number of ketones is 3. The Morgan fingerprint density at radius 2 is 1.70 bits per heavy atom. The molecule has 2 fully saturated rings. The van der Waals surface area contributed by atoms with Gasteiger partial charge in [-0.1, -0.05) is 104 Å². The van der Waals surface area contributed by atoms with E-state index in [4.69, 9.17) is 36.3 Å². The number of ether oxygens (including phenoxy) is 4. The molecule has 6 amide bonds. The number of halogens is 2. The van der Waals surface area contributed by atoms with E-state index in [0.29, 0.717) is 64.8 Å². The van der Waals surface area contributed by atoms with E-state index < -0.39 is 95.5 Å². The van der Waals surface area contributed by atoms with Gasteiger partial charge in [0.15, 0.2) is 17.3 Å². The predicted molar refractivity (Wildman–Crippen MR) is 331 cm³/mol. The Morgan fingerprint density at radius 1 is 1.01 bits per heavy atom. The molecule has 20 nitrogen and oxygen atoms in total. The van der Waals surface area contributed by atoms with Gasteiger partial charge in [-0.05, 0) is 119 Å². The van der Waals surface area contributed by atoms with Crippen LogP contribution in [0.4, 0.5) is 15.3 Å². The van der Waals surface area contributed by atoms with Crippen molar-refractivity contribution < 1.29 is 67.2 Å². The molecule has 472 valence electrons. The fourth-order valence-corrected chi connectivity index (χ4v) is 11.6. The molecule has 0 spiro atoms. The van der Waals surface area contributed by atoms with Crippen molar-refractivity contribution in [3.8, 4) is 0 Å². The van der Waals surface area contributed by atoms with Crippen molar-refractivity contribution in [2.45, 2.75) is 187 Å². The van der Waals surface area contributed by atoms with Gasteiger partial charge in [0.25, 0.3) is 5.91 Å². The van der Waals surface area contributed by atoms with E-state index in [-0.39, 0.29) is 73.9 Å². The standard InChI is InChI=1S/C64H88BrClN6O14/c1-36(2)47(32-46(73)20-15-13-14-16-22-50(74)40(6)35-65)58(77)69-48(21-18-26-68-61(67)80)51(75)31-44-24-25-45(29-38(44)4)59(78)71(10)42(8)60(79)85-54-33-55(76)72(11)49-30-43(28-39(5)56(49)66)27-37(3)19-17-23-53(83-12)64(82)34-52(84-62(81)70-64)41(7)57-63(54,9)86-57/h17,19,23-25,28-30,36,41-42,47-48,52-54,57,82H,6,13-16,18,20-22,26-27,31-35H2,1-5,7-12H3,(H,69,77)(H,70,81)(H3,67,68,80)/b23-17+,37-19+/t41-,42+,47+,48+,52+,53-,54+,57+,63+,64+/m1/s1. The highest BCUT2D eigenvalue weighted by molar-refractivity contribution is 9.09. The van der Waals surface area contributed by atoms with Crippen LogP contribution in [0.25, 0.3) is 0 Å². The lowest BCUT2D eigenvalue weighted by atomic mass is 9.83. The molecule has 0 radical (unpaired) electrons. The second-order valence-electron chi connectivity index (χ2n) is 23.9. The molecule has 2 aromatic rings. The van der Waals surface area contributed by atoms with Gasteiger partial charge in [0, 0.05) is 82.6 Å². The Morgan fingerprint density at radius 3 is 2.34 bits per heavy atom. The van der Waals surface area contributed by atoms with Crippen molar-refractivity contribution in [1.29, 1.82) is 0 Å². The number of amides is 6. The molecule has 3 heterocycles. The fraction of sp³-hybridized carbons (Fsp3) is 0.578. The summed E-state index contributed by atoms with van der Waals surface area (Å²) >= 11 is 10.1. The van der Waals surface area contributed by atoms with Crippen LogP contribution >= 0.6 is 27.5 Å². The summed E-state index contributed by atoms with van der Waals surface area (Å²) in [7, 11) is 4.43. The molecule has 0 saturated carbocycles. The predicted octanol–water partition coefficient (Wildman–Crippen LogP) is 8.57. The van der Waals surface area contributed by atoms with Gasteiger partial charge < -0.3 is 50.2 Å². The summed E-state index contributed by atoms with van der Waals surface area (Å²) in [4.78, 5) is 124. The molecule has 3 aliphatic heterocycles. The van der Waals surface area contributed by atoms with Crippen molar-refractivity contribution in [2.24, 2.45) is 23.5 Å². The van der Waals surface area contributed by atoms with Crippen LogP contribution in [-0.4, -0.2) is 144 Å². The first kappa shape index (κ1) is 70.5. The minimum Gasteiger partial charge on any atom is -0.457 e. The highest BCUT2D eigenvalue weighted by Crippen LogP contribution is 2.49. The Balaban J connectivity index is 1.31. The number of benzene rings is 2. The number of anilines is 1. The Labute approximate surface area is 519 Å². The maximum absolute atomic E-state index is 14.5. The molecule has 3 aliphatic rings. The van der Waals surface area contributed by atoms with Crippen LogP contribution in [0, 0.1) is 31.6 Å². The quantitative estimate of drug-likeness (QED) is 0.0194. The number of Topliss-reactive ketones (excluding diaryl/α,β-unsaturated/α-hetero) is 3. The first-order valence-corrected chi connectivity index (χ1v) is 31.0. The number of hydrogen-bond donors (Lipinski definition) is 5. The number of carbonyl (C=O) groups excluding carboxylic acids is 9. The molecule has 4 bridgehead atoms. The third-order valence-electron chi connectivity index (χ3n) is 16.8. The number of nitrogens with two attached hydrogens (primary N) is 1. The van der Waals surface area contributed by atoms with Gasteiger partial charge in [0.1, 0.15) is 35.7 Å². The minimum atomic E-state index is -1.89. The van der Waals surface area contributed by atoms with Gasteiger partial charge in [0.2, 0.25) is 11.8 Å². The van der Waals surface area contributed by atoms with E-state index in [9.17, 15) is 48.3 Å². The molecule has 10 atom stereocenters. The normalized spacial score (nSPS) is 24.3. The zero-order valence-corrected chi connectivity index (χ0v) is 54.0.